The summed E-state index contributed by atoms with van der Waals surface area (Å²) in [4.78, 5) is 9.52. The Labute approximate surface area is 131 Å². The van der Waals surface area contributed by atoms with E-state index < -0.39 is 68.0 Å². The first-order valence-corrected chi connectivity index (χ1v) is 7.06. The third-order valence-corrected chi connectivity index (χ3v) is 3.95. The fourth-order valence-electron chi connectivity index (χ4n) is 2.40. The molecule has 2 heterocycles. The standard InChI is InChI=1S/C12H22O11/c1-4-6(14)8(16)9(17)11(21-4)23-20-2-5-7(15)10(18)12(19,3-13)22-5/h4-11,13-19H,2-3H2,1H3/t4-,5-,6-,7-,8+,9-,10+,11-,12?/m1/s1. The molecule has 11 nitrogen and oxygen atoms in total. The molecular formula is C12H22O11. The van der Waals surface area contributed by atoms with Crippen LogP contribution in [0.3, 0.4) is 0 Å². The van der Waals surface area contributed by atoms with Crippen molar-refractivity contribution in [2.45, 2.75) is 61.7 Å². The number of aliphatic hydroxyl groups is 7. The van der Waals surface area contributed by atoms with E-state index in [9.17, 15) is 30.6 Å². The lowest BCUT2D eigenvalue weighted by Crippen LogP contribution is -2.57. The van der Waals surface area contributed by atoms with E-state index in [1.165, 1.54) is 6.92 Å². The van der Waals surface area contributed by atoms with Gasteiger partial charge in [-0.1, -0.05) is 0 Å². The quantitative estimate of drug-likeness (QED) is 0.189. The summed E-state index contributed by atoms with van der Waals surface area (Å²) in [6.07, 6.45) is -11.1. The van der Waals surface area contributed by atoms with Gasteiger partial charge in [0.25, 0.3) is 0 Å². The van der Waals surface area contributed by atoms with Crippen LogP contribution in [0, 0.1) is 0 Å². The second kappa shape index (κ2) is 7.21. The van der Waals surface area contributed by atoms with Crippen molar-refractivity contribution < 1.29 is 55.0 Å². The molecule has 0 aliphatic carbocycles. The van der Waals surface area contributed by atoms with Gasteiger partial charge in [0.05, 0.1) is 12.7 Å². The lowest BCUT2D eigenvalue weighted by atomic mass is 10.0. The zero-order chi connectivity index (χ0) is 17.4. The lowest BCUT2D eigenvalue weighted by molar-refractivity contribution is -0.429. The van der Waals surface area contributed by atoms with Crippen LogP contribution in [0.15, 0.2) is 0 Å². The van der Waals surface area contributed by atoms with Crippen LogP contribution in [0.4, 0.5) is 0 Å². The van der Waals surface area contributed by atoms with Crippen LogP contribution in [0.1, 0.15) is 6.92 Å². The minimum absolute atomic E-state index is 0.472. The summed E-state index contributed by atoms with van der Waals surface area (Å²) < 4.78 is 10.0. The fourth-order valence-corrected chi connectivity index (χ4v) is 2.40. The summed E-state index contributed by atoms with van der Waals surface area (Å²) in [6.45, 7) is 0.0481. The number of hydrogen-bond acceptors (Lipinski definition) is 11. The molecule has 7 N–H and O–H groups in total. The SMILES string of the molecule is C[C@H]1O[C@H](OOC[C@H]2OC(O)(CO)[C@@H](O)[C@@H]2O)[C@H](O)[C@@H](O)[C@@H]1O. The van der Waals surface area contributed by atoms with Gasteiger partial charge < -0.3 is 45.2 Å². The molecule has 9 atom stereocenters. The summed E-state index contributed by atoms with van der Waals surface area (Å²) in [6, 6.07) is 0. The fraction of sp³-hybridized carbons (Fsp3) is 1.00. The number of ether oxygens (including phenoxy) is 2. The van der Waals surface area contributed by atoms with Crippen molar-refractivity contribution in [3.63, 3.8) is 0 Å². The van der Waals surface area contributed by atoms with Crippen molar-refractivity contribution in [3.05, 3.63) is 0 Å². The Morgan fingerprint density at radius 3 is 2.22 bits per heavy atom. The van der Waals surface area contributed by atoms with Crippen LogP contribution in [0.5, 0.6) is 0 Å². The molecule has 0 aromatic carbocycles. The molecule has 0 aromatic heterocycles. The molecule has 0 bridgehead atoms. The first-order chi connectivity index (χ1) is 10.7. The Kier molecular flexibility index (Phi) is 5.92. The zero-order valence-electron chi connectivity index (χ0n) is 12.3. The molecule has 2 saturated heterocycles. The minimum atomic E-state index is -2.32. The Balaban J connectivity index is 1.83. The third kappa shape index (κ3) is 3.65. The highest BCUT2D eigenvalue weighted by Crippen LogP contribution is 2.29. The maximum atomic E-state index is 9.70. The molecule has 0 aromatic rings. The van der Waals surface area contributed by atoms with E-state index in [1.807, 2.05) is 0 Å². The molecule has 0 spiro atoms. The molecular weight excluding hydrogens is 320 g/mol. The van der Waals surface area contributed by atoms with Gasteiger partial charge >= 0.3 is 0 Å². The van der Waals surface area contributed by atoms with E-state index in [0.29, 0.717) is 0 Å². The maximum Gasteiger partial charge on any atom is 0.220 e. The Bertz CT molecular complexity index is 389. The van der Waals surface area contributed by atoms with Gasteiger partial charge in [-0.2, -0.15) is 0 Å². The molecule has 136 valence electrons. The van der Waals surface area contributed by atoms with E-state index in [2.05, 4.69) is 0 Å². The normalized spacial score (nSPS) is 51.1. The van der Waals surface area contributed by atoms with Crippen LogP contribution in [0.2, 0.25) is 0 Å². The second-order valence-corrected chi connectivity index (χ2v) is 5.66. The van der Waals surface area contributed by atoms with E-state index in [-0.39, 0.29) is 0 Å². The van der Waals surface area contributed by atoms with Crippen LogP contribution >= 0.6 is 0 Å². The van der Waals surface area contributed by atoms with Crippen molar-refractivity contribution >= 4 is 0 Å². The Morgan fingerprint density at radius 2 is 1.65 bits per heavy atom. The van der Waals surface area contributed by atoms with E-state index in [0.717, 1.165) is 0 Å². The Morgan fingerprint density at radius 1 is 1.00 bits per heavy atom. The van der Waals surface area contributed by atoms with Gasteiger partial charge in [-0.05, 0) is 6.92 Å². The molecule has 0 radical (unpaired) electrons. The van der Waals surface area contributed by atoms with Crippen molar-refractivity contribution in [2.24, 2.45) is 0 Å². The van der Waals surface area contributed by atoms with Gasteiger partial charge in [0.15, 0.2) is 0 Å². The van der Waals surface area contributed by atoms with Crippen molar-refractivity contribution in [1.29, 1.82) is 0 Å². The molecule has 23 heavy (non-hydrogen) atoms. The smallest absolute Gasteiger partial charge is 0.220 e. The van der Waals surface area contributed by atoms with E-state index >= 15 is 0 Å². The minimum Gasteiger partial charge on any atom is -0.391 e. The summed E-state index contributed by atoms with van der Waals surface area (Å²) in [5, 5.41) is 66.7. The average molecular weight is 342 g/mol. The van der Waals surface area contributed by atoms with Crippen molar-refractivity contribution in [1.82, 2.24) is 0 Å². The number of rotatable bonds is 5. The Hall–Kier alpha value is -0.440. The molecule has 11 heteroatoms. The zero-order valence-corrected chi connectivity index (χ0v) is 12.3. The van der Waals surface area contributed by atoms with E-state index in [4.69, 9.17) is 24.4 Å². The van der Waals surface area contributed by atoms with Crippen LogP contribution < -0.4 is 0 Å². The monoisotopic (exact) mass is 342 g/mol. The molecule has 0 saturated carbocycles. The van der Waals surface area contributed by atoms with Crippen LogP contribution in [-0.4, -0.2) is 104 Å². The van der Waals surface area contributed by atoms with E-state index in [1.54, 1.807) is 0 Å². The first-order valence-electron chi connectivity index (χ1n) is 7.06. The van der Waals surface area contributed by atoms with Crippen molar-refractivity contribution in [2.75, 3.05) is 13.2 Å². The summed E-state index contributed by atoms with van der Waals surface area (Å²) in [7, 11) is 0. The summed E-state index contributed by atoms with van der Waals surface area (Å²) in [5.74, 6) is -2.32. The van der Waals surface area contributed by atoms with Gasteiger partial charge in [-0.15, -0.1) is 0 Å². The highest BCUT2D eigenvalue weighted by molar-refractivity contribution is 4.95. The van der Waals surface area contributed by atoms with Crippen LogP contribution in [-0.2, 0) is 19.2 Å². The molecule has 1 unspecified atom stereocenters. The summed E-state index contributed by atoms with van der Waals surface area (Å²) >= 11 is 0. The molecule has 2 aliphatic rings. The second-order valence-electron chi connectivity index (χ2n) is 5.66. The summed E-state index contributed by atoms with van der Waals surface area (Å²) in [5.41, 5.74) is 0. The lowest BCUT2D eigenvalue weighted by Gasteiger charge is -2.38. The van der Waals surface area contributed by atoms with Gasteiger partial charge in [0.1, 0.15) is 43.2 Å². The average Bonchev–Trinajstić information content (AvgIpc) is 2.75. The highest BCUT2D eigenvalue weighted by atomic mass is 17.2. The highest BCUT2D eigenvalue weighted by Gasteiger charge is 2.53. The topological polar surface area (TPSA) is 179 Å². The first kappa shape index (κ1) is 18.9. The predicted molar refractivity (Wildman–Crippen MR) is 68.3 cm³/mol. The van der Waals surface area contributed by atoms with Gasteiger partial charge in [-0.25, -0.2) is 9.78 Å². The predicted octanol–water partition coefficient (Wildman–Crippen LogP) is -4.44. The van der Waals surface area contributed by atoms with Gasteiger partial charge in [0.2, 0.25) is 12.1 Å². The molecule has 2 fully saturated rings. The van der Waals surface area contributed by atoms with Gasteiger partial charge in [-0.3, -0.25) is 0 Å². The molecule has 2 aliphatic heterocycles. The van der Waals surface area contributed by atoms with Crippen LogP contribution in [0.25, 0.3) is 0 Å². The third-order valence-electron chi connectivity index (χ3n) is 3.95. The maximum absolute atomic E-state index is 9.70. The number of aliphatic hydroxyl groups excluding tert-OH is 6. The largest absolute Gasteiger partial charge is 0.391 e. The molecule has 0 amide bonds. The van der Waals surface area contributed by atoms with Gasteiger partial charge in [0, 0.05) is 0 Å². The molecule has 2 rings (SSSR count). The number of hydrogen-bond donors (Lipinski definition) is 7. The van der Waals surface area contributed by atoms with Crippen molar-refractivity contribution in [3.8, 4) is 0 Å².